The Bertz CT molecular complexity index is 796. The monoisotopic (exact) mass is 355 g/mol. The Morgan fingerprint density at radius 1 is 1.04 bits per heavy atom. The topological polar surface area (TPSA) is 73.9 Å². The first-order valence-corrected chi connectivity index (χ1v) is 7.95. The van der Waals surface area contributed by atoms with Crippen molar-refractivity contribution < 1.29 is 23.8 Å². The average Bonchev–Trinajstić information content (AvgIpc) is 2.66. The first-order chi connectivity index (χ1) is 12.5. The minimum Gasteiger partial charge on any atom is -0.497 e. The van der Waals surface area contributed by atoms with E-state index in [1.165, 1.54) is 13.2 Å². The van der Waals surface area contributed by atoms with Gasteiger partial charge in [0, 0.05) is 17.3 Å². The van der Waals surface area contributed by atoms with E-state index in [1.54, 1.807) is 43.5 Å². The van der Waals surface area contributed by atoms with Gasteiger partial charge in [-0.05, 0) is 43.3 Å². The highest BCUT2D eigenvalue weighted by Gasteiger charge is 2.07. The molecular formula is C20H21NO5. The lowest BCUT2D eigenvalue weighted by atomic mass is 10.1. The van der Waals surface area contributed by atoms with Gasteiger partial charge in [-0.3, -0.25) is 4.79 Å². The van der Waals surface area contributed by atoms with Gasteiger partial charge in [0.1, 0.15) is 11.5 Å². The molecule has 0 aliphatic rings. The fourth-order valence-corrected chi connectivity index (χ4v) is 2.15. The van der Waals surface area contributed by atoms with Gasteiger partial charge in [0.15, 0.2) is 6.61 Å². The number of amides is 1. The van der Waals surface area contributed by atoms with Crippen molar-refractivity contribution in [3.05, 3.63) is 59.7 Å². The average molecular weight is 355 g/mol. The number of ether oxygens (including phenoxy) is 3. The van der Waals surface area contributed by atoms with Crippen LogP contribution in [-0.2, 0) is 14.3 Å². The van der Waals surface area contributed by atoms with E-state index in [1.807, 2.05) is 19.1 Å². The zero-order valence-electron chi connectivity index (χ0n) is 14.9. The zero-order chi connectivity index (χ0) is 18.9. The van der Waals surface area contributed by atoms with Gasteiger partial charge in [-0.25, -0.2) is 4.79 Å². The van der Waals surface area contributed by atoms with Gasteiger partial charge in [0.2, 0.25) is 0 Å². The van der Waals surface area contributed by atoms with Crippen LogP contribution in [0.4, 0.5) is 5.69 Å². The van der Waals surface area contributed by atoms with Crippen LogP contribution >= 0.6 is 0 Å². The van der Waals surface area contributed by atoms with Crippen LogP contribution in [0.15, 0.2) is 48.5 Å². The Labute approximate surface area is 152 Å². The number of esters is 1. The molecule has 6 heteroatoms. The van der Waals surface area contributed by atoms with Crippen LogP contribution in [0.3, 0.4) is 0 Å². The molecule has 0 spiro atoms. The largest absolute Gasteiger partial charge is 0.497 e. The smallest absolute Gasteiger partial charge is 0.331 e. The number of carbonyl (C=O) groups is 2. The molecule has 0 saturated carbocycles. The molecule has 0 unspecified atom stereocenters. The first kappa shape index (κ1) is 19.1. The molecule has 0 atom stereocenters. The van der Waals surface area contributed by atoms with Crippen molar-refractivity contribution in [3.63, 3.8) is 0 Å². The summed E-state index contributed by atoms with van der Waals surface area (Å²) in [6.45, 7) is 1.59. The number of nitrogens with one attached hydrogen (secondary N) is 1. The van der Waals surface area contributed by atoms with Gasteiger partial charge in [0.25, 0.3) is 5.91 Å². The Hall–Kier alpha value is -3.28. The van der Waals surface area contributed by atoms with Gasteiger partial charge in [-0.1, -0.05) is 17.7 Å². The summed E-state index contributed by atoms with van der Waals surface area (Å²) < 4.78 is 15.3. The molecule has 26 heavy (non-hydrogen) atoms. The van der Waals surface area contributed by atoms with Crippen molar-refractivity contribution in [1.29, 1.82) is 0 Å². The molecule has 0 bridgehead atoms. The summed E-state index contributed by atoms with van der Waals surface area (Å²) in [6, 6.07) is 12.5. The number of anilines is 1. The van der Waals surface area contributed by atoms with Gasteiger partial charge in [-0.15, -0.1) is 0 Å². The van der Waals surface area contributed by atoms with Crippen molar-refractivity contribution >= 4 is 23.6 Å². The quantitative estimate of drug-likeness (QED) is 0.610. The van der Waals surface area contributed by atoms with Crippen molar-refractivity contribution in [1.82, 2.24) is 0 Å². The summed E-state index contributed by atoms with van der Waals surface area (Å²) in [5.74, 6) is 0.187. The third kappa shape index (κ3) is 5.66. The fraction of sp³-hybridized carbons (Fsp3) is 0.200. The molecule has 0 aliphatic carbocycles. The summed E-state index contributed by atoms with van der Waals surface area (Å²) >= 11 is 0. The Morgan fingerprint density at radius 2 is 1.77 bits per heavy atom. The van der Waals surface area contributed by atoms with Crippen LogP contribution in [0.2, 0.25) is 0 Å². The highest BCUT2D eigenvalue weighted by Crippen LogP contribution is 2.25. The highest BCUT2D eigenvalue weighted by molar-refractivity contribution is 5.94. The van der Waals surface area contributed by atoms with Crippen LogP contribution in [0.25, 0.3) is 6.08 Å². The SMILES string of the molecule is COc1ccc(OC)c(/C=C/C(=O)OCC(=O)Nc2ccc(C)cc2)c1. The third-order valence-electron chi connectivity index (χ3n) is 3.52. The van der Waals surface area contributed by atoms with Crippen LogP contribution in [-0.4, -0.2) is 32.7 Å². The molecule has 2 aromatic carbocycles. The maximum atomic E-state index is 11.8. The number of methoxy groups -OCH3 is 2. The minimum absolute atomic E-state index is 0.369. The predicted molar refractivity (Wildman–Crippen MR) is 99.3 cm³/mol. The molecule has 0 heterocycles. The maximum absolute atomic E-state index is 11.8. The summed E-state index contributed by atoms with van der Waals surface area (Å²) in [6.07, 6.45) is 2.78. The maximum Gasteiger partial charge on any atom is 0.331 e. The number of hydrogen-bond donors (Lipinski definition) is 1. The van der Waals surface area contributed by atoms with Crippen molar-refractivity contribution in [2.45, 2.75) is 6.92 Å². The molecule has 0 aliphatic heterocycles. The van der Waals surface area contributed by atoms with Crippen LogP contribution < -0.4 is 14.8 Å². The second-order valence-corrected chi connectivity index (χ2v) is 5.46. The van der Waals surface area contributed by atoms with Crippen molar-refractivity contribution in [2.24, 2.45) is 0 Å². The van der Waals surface area contributed by atoms with E-state index in [-0.39, 0.29) is 6.61 Å². The molecule has 1 N–H and O–H groups in total. The van der Waals surface area contributed by atoms with E-state index in [0.717, 1.165) is 5.56 Å². The number of carbonyl (C=O) groups excluding carboxylic acids is 2. The van der Waals surface area contributed by atoms with Gasteiger partial charge < -0.3 is 19.5 Å². The molecule has 0 radical (unpaired) electrons. The van der Waals surface area contributed by atoms with Crippen LogP contribution in [0, 0.1) is 6.92 Å². The molecule has 6 nitrogen and oxygen atoms in total. The number of hydrogen-bond acceptors (Lipinski definition) is 5. The summed E-state index contributed by atoms with van der Waals surface area (Å²) in [7, 11) is 3.09. The number of rotatable bonds is 7. The lowest BCUT2D eigenvalue weighted by Crippen LogP contribution is -2.20. The van der Waals surface area contributed by atoms with Crippen LogP contribution in [0.5, 0.6) is 11.5 Å². The van der Waals surface area contributed by atoms with E-state index in [2.05, 4.69) is 5.32 Å². The highest BCUT2D eigenvalue weighted by atomic mass is 16.5. The minimum atomic E-state index is -0.631. The number of benzene rings is 2. The third-order valence-corrected chi connectivity index (χ3v) is 3.52. The standard InChI is InChI=1S/C20H21NO5/c1-14-4-7-16(8-5-14)21-19(22)13-26-20(23)11-6-15-12-17(24-2)9-10-18(15)25-3/h4-12H,13H2,1-3H3,(H,21,22)/b11-6+. The van der Waals surface area contributed by atoms with E-state index in [9.17, 15) is 9.59 Å². The van der Waals surface area contributed by atoms with E-state index in [0.29, 0.717) is 22.7 Å². The summed E-state index contributed by atoms with van der Waals surface area (Å²) in [5, 5.41) is 2.65. The summed E-state index contributed by atoms with van der Waals surface area (Å²) in [4.78, 5) is 23.6. The predicted octanol–water partition coefficient (Wildman–Crippen LogP) is 3.21. The van der Waals surface area contributed by atoms with Crippen molar-refractivity contribution in [2.75, 3.05) is 26.1 Å². The van der Waals surface area contributed by atoms with Gasteiger partial charge in [-0.2, -0.15) is 0 Å². The zero-order valence-corrected chi connectivity index (χ0v) is 14.9. The molecule has 2 rings (SSSR count). The Morgan fingerprint density at radius 3 is 2.42 bits per heavy atom. The molecule has 0 aromatic heterocycles. The Balaban J connectivity index is 1.89. The second-order valence-electron chi connectivity index (χ2n) is 5.46. The van der Waals surface area contributed by atoms with Crippen molar-refractivity contribution in [3.8, 4) is 11.5 Å². The lowest BCUT2D eigenvalue weighted by molar-refractivity contribution is -0.142. The van der Waals surface area contributed by atoms with E-state index in [4.69, 9.17) is 14.2 Å². The molecule has 1 amide bonds. The van der Waals surface area contributed by atoms with Crippen LogP contribution in [0.1, 0.15) is 11.1 Å². The number of aryl methyl sites for hydroxylation is 1. The fourth-order valence-electron chi connectivity index (χ4n) is 2.15. The molecule has 2 aromatic rings. The molecule has 136 valence electrons. The Kier molecular flexibility index (Phi) is 6.79. The second kappa shape index (κ2) is 9.27. The molecule has 0 saturated heterocycles. The normalized spacial score (nSPS) is 10.4. The molecule has 0 fully saturated rings. The van der Waals surface area contributed by atoms with E-state index >= 15 is 0 Å². The lowest BCUT2D eigenvalue weighted by Gasteiger charge is -2.07. The summed E-state index contributed by atoms with van der Waals surface area (Å²) in [5.41, 5.74) is 2.40. The molecular weight excluding hydrogens is 334 g/mol. The van der Waals surface area contributed by atoms with Gasteiger partial charge in [0.05, 0.1) is 14.2 Å². The van der Waals surface area contributed by atoms with E-state index < -0.39 is 11.9 Å². The first-order valence-electron chi connectivity index (χ1n) is 7.95. The van der Waals surface area contributed by atoms with Gasteiger partial charge >= 0.3 is 5.97 Å².